The zero-order valence-corrected chi connectivity index (χ0v) is 12.2. The summed E-state index contributed by atoms with van der Waals surface area (Å²) in [6.07, 6.45) is 1.79. The van der Waals surface area contributed by atoms with Gasteiger partial charge in [-0.3, -0.25) is 0 Å². The van der Waals surface area contributed by atoms with Crippen molar-refractivity contribution in [2.24, 2.45) is 0 Å². The highest BCUT2D eigenvalue weighted by Gasteiger charge is 2.00. The van der Waals surface area contributed by atoms with Crippen molar-refractivity contribution >= 4 is 0 Å². The Hall–Kier alpha value is -2.47. The lowest BCUT2D eigenvalue weighted by atomic mass is 10.1. The van der Waals surface area contributed by atoms with E-state index in [9.17, 15) is 0 Å². The second kappa shape index (κ2) is 7.96. The average molecular weight is 281 g/mol. The number of para-hydroxylation sites is 1. The van der Waals surface area contributed by atoms with E-state index in [-0.39, 0.29) is 0 Å². The molecule has 3 heteroatoms. The zero-order chi connectivity index (χ0) is 14.9. The Kier molecular flexibility index (Phi) is 5.66. The van der Waals surface area contributed by atoms with Crippen molar-refractivity contribution in [3.63, 3.8) is 0 Å². The predicted octanol–water partition coefficient (Wildman–Crippen LogP) is 3.97. The van der Waals surface area contributed by atoms with Crippen LogP contribution in [0.1, 0.15) is 24.5 Å². The number of ether oxygens (including phenoxy) is 2. The molecule has 0 radical (unpaired) electrons. The Morgan fingerprint density at radius 1 is 0.952 bits per heavy atom. The summed E-state index contributed by atoms with van der Waals surface area (Å²) in [7, 11) is 0. The third kappa shape index (κ3) is 4.54. The van der Waals surface area contributed by atoms with Gasteiger partial charge >= 0.3 is 0 Å². The van der Waals surface area contributed by atoms with Crippen molar-refractivity contribution in [2.45, 2.75) is 19.8 Å². The summed E-state index contributed by atoms with van der Waals surface area (Å²) in [6.45, 7) is 3.35. The highest BCUT2D eigenvalue weighted by atomic mass is 16.5. The number of hydrogen-bond donors (Lipinski definition) is 0. The molecule has 0 amide bonds. The van der Waals surface area contributed by atoms with Crippen LogP contribution in [0.2, 0.25) is 0 Å². The minimum atomic E-state index is 0.597. The van der Waals surface area contributed by atoms with Crippen LogP contribution < -0.4 is 9.47 Å². The molecule has 0 spiro atoms. The van der Waals surface area contributed by atoms with E-state index in [1.165, 1.54) is 5.56 Å². The number of rotatable bonds is 7. The summed E-state index contributed by atoms with van der Waals surface area (Å²) < 4.78 is 11.4. The summed E-state index contributed by atoms with van der Waals surface area (Å²) in [5.74, 6) is 1.74. The summed E-state index contributed by atoms with van der Waals surface area (Å²) in [5.41, 5.74) is 1.87. The molecule has 2 aromatic rings. The fourth-order valence-electron chi connectivity index (χ4n) is 1.99. The summed E-state index contributed by atoms with van der Waals surface area (Å²) >= 11 is 0. The van der Waals surface area contributed by atoms with Crippen molar-refractivity contribution < 1.29 is 9.47 Å². The molecule has 21 heavy (non-hydrogen) atoms. The van der Waals surface area contributed by atoms with Gasteiger partial charge < -0.3 is 9.47 Å². The molecule has 0 aromatic heterocycles. The van der Waals surface area contributed by atoms with Gasteiger partial charge in [0.15, 0.2) is 0 Å². The largest absolute Gasteiger partial charge is 0.493 e. The SMILES string of the molecule is CCc1ccccc1OCCCOc1ccc(C#N)cc1. The number of hydrogen-bond acceptors (Lipinski definition) is 3. The van der Waals surface area contributed by atoms with E-state index >= 15 is 0 Å². The molecule has 0 unspecified atom stereocenters. The maximum absolute atomic E-state index is 8.72. The predicted molar refractivity (Wildman–Crippen MR) is 82.6 cm³/mol. The Bertz CT molecular complexity index is 599. The summed E-state index contributed by atoms with van der Waals surface area (Å²) in [6, 6.07) is 17.3. The Morgan fingerprint density at radius 3 is 2.38 bits per heavy atom. The average Bonchev–Trinajstić information content (AvgIpc) is 2.55. The monoisotopic (exact) mass is 281 g/mol. The fraction of sp³-hybridized carbons (Fsp3) is 0.278. The third-order valence-corrected chi connectivity index (χ3v) is 3.15. The van der Waals surface area contributed by atoms with E-state index in [1.807, 2.05) is 30.3 Å². The van der Waals surface area contributed by atoms with E-state index < -0.39 is 0 Å². The van der Waals surface area contributed by atoms with Gasteiger partial charge in [0.2, 0.25) is 0 Å². The molecule has 0 aliphatic heterocycles. The first kappa shape index (κ1) is 14.9. The van der Waals surface area contributed by atoms with Gasteiger partial charge in [0, 0.05) is 6.42 Å². The van der Waals surface area contributed by atoms with Gasteiger partial charge in [-0.2, -0.15) is 5.26 Å². The minimum Gasteiger partial charge on any atom is -0.493 e. The highest BCUT2D eigenvalue weighted by Crippen LogP contribution is 2.18. The molecule has 2 rings (SSSR count). The second-order valence-electron chi connectivity index (χ2n) is 4.65. The van der Waals surface area contributed by atoms with Gasteiger partial charge in [-0.05, 0) is 42.3 Å². The molecular formula is C18H19NO2. The lowest BCUT2D eigenvalue weighted by Gasteiger charge is -2.10. The lowest BCUT2D eigenvalue weighted by molar-refractivity contribution is 0.246. The van der Waals surface area contributed by atoms with Crippen LogP contribution in [-0.2, 0) is 6.42 Å². The number of aryl methyl sites for hydroxylation is 1. The Balaban J connectivity index is 1.71. The highest BCUT2D eigenvalue weighted by molar-refractivity contribution is 5.34. The van der Waals surface area contributed by atoms with Crippen LogP contribution in [-0.4, -0.2) is 13.2 Å². The first-order valence-electron chi connectivity index (χ1n) is 7.17. The summed E-state index contributed by atoms with van der Waals surface area (Å²) in [5, 5.41) is 8.72. The molecule has 0 fully saturated rings. The van der Waals surface area contributed by atoms with Crippen LogP contribution in [0.25, 0.3) is 0 Å². The maximum atomic E-state index is 8.72. The van der Waals surface area contributed by atoms with Crippen LogP contribution >= 0.6 is 0 Å². The molecule has 0 N–H and O–H groups in total. The molecule has 2 aromatic carbocycles. The first-order valence-corrected chi connectivity index (χ1v) is 7.17. The van der Waals surface area contributed by atoms with Gasteiger partial charge in [0.05, 0.1) is 24.8 Å². The molecule has 0 atom stereocenters. The standard InChI is InChI=1S/C18H19NO2/c1-2-16-6-3-4-7-18(16)21-13-5-12-20-17-10-8-15(14-19)9-11-17/h3-4,6-11H,2,5,12-13H2,1H3. The van der Waals surface area contributed by atoms with Crippen LogP contribution in [0.3, 0.4) is 0 Å². The van der Waals surface area contributed by atoms with E-state index in [4.69, 9.17) is 14.7 Å². The number of benzene rings is 2. The third-order valence-electron chi connectivity index (χ3n) is 3.15. The van der Waals surface area contributed by atoms with Crippen molar-refractivity contribution in [1.82, 2.24) is 0 Å². The quantitative estimate of drug-likeness (QED) is 0.721. The molecule has 108 valence electrons. The van der Waals surface area contributed by atoms with E-state index in [1.54, 1.807) is 12.1 Å². The van der Waals surface area contributed by atoms with Crippen LogP contribution in [0.5, 0.6) is 11.5 Å². The van der Waals surface area contributed by atoms with Gasteiger partial charge in [0.25, 0.3) is 0 Å². The van der Waals surface area contributed by atoms with Gasteiger partial charge in [0.1, 0.15) is 11.5 Å². The van der Waals surface area contributed by atoms with Crippen molar-refractivity contribution in [3.8, 4) is 17.6 Å². The topological polar surface area (TPSA) is 42.2 Å². The normalized spacial score (nSPS) is 9.90. The van der Waals surface area contributed by atoms with Gasteiger partial charge in [-0.1, -0.05) is 25.1 Å². The van der Waals surface area contributed by atoms with Crippen molar-refractivity contribution in [2.75, 3.05) is 13.2 Å². The Morgan fingerprint density at radius 2 is 1.67 bits per heavy atom. The van der Waals surface area contributed by atoms with E-state index in [2.05, 4.69) is 19.1 Å². The lowest BCUT2D eigenvalue weighted by Crippen LogP contribution is -2.06. The molecule has 0 aliphatic rings. The number of nitriles is 1. The smallest absolute Gasteiger partial charge is 0.122 e. The molecule has 0 saturated heterocycles. The van der Waals surface area contributed by atoms with E-state index in [0.717, 1.165) is 24.3 Å². The van der Waals surface area contributed by atoms with Crippen LogP contribution in [0.4, 0.5) is 0 Å². The molecule has 0 aliphatic carbocycles. The maximum Gasteiger partial charge on any atom is 0.122 e. The molecule has 0 saturated carbocycles. The molecule has 3 nitrogen and oxygen atoms in total. The number of nitrogens with zero attached hydrogens (tertiary/aromatic N) is 1. The molecule has 0 heterocycles. The van der Waals surface area contributed by atoms with Crippen LogP contribution in [0, 0.1) is 11.3 Å². The first-order chi connectivity index (χ1) is 10.3. The van der Waals surface area contributed by atoms with Crippen molar-refractivity contribution in [1.29, 1.82) is 5.26 Å². The zero-order valence-electron chi connectivity index (χ0n) is 12.2. The van der Waals surface area contributed by atoms with E-state index in [0.29, 0.717) is 18.8 Å². The molecule has 0 bridgehead atoms. The summed E-state index contributed by atoms with van der Waals surface area (Å²) in [4.78, 5) is 0. The minimum absolute atomic E-state index is 0.597. The van der Waals surface area contributed by atoms with Crippen LogP contribution in [0.15, 0.2) is 48.5 Å². The van der Waals surface area contributed by atoms with Gasteiger partial charge in [-0.25, -0.2) is 0 Å². The van der Waals surface area contributed by atoms with Crippen molar-refractivity contribution in [3.05, 3.63) is 59.7 Å². The Labute approximate surface area is 125 Å². The van der Waals surface area contributed by atoms with Gasteiger partial charge in [-0.15, -0.1) is 0 Å². The molecular weight excluding hydrogens is 262 g/mol. The fourth-order valence-corrected chi connectivity index (χ4v) is 1.99. The second-order valence-corrected chi connectivity index (χ2v) is 4.65.